The zero-order valence-corrected chi connectivity index (χ0v) is 19.1. The van der Waals surface area contributed by atoms with E-state index in [4.69, 9.17) is 9.47 Å². The minimum absolute atomic E-state index is 0.0374. The van der Waals surface area contributed by atoms with Crippen LogP contribution in [0.15, 0.2) is 77.4 Å². The van der Waals surface area contributed by atoms with Gasteiger partial charge in [0.05, 0.1) is 4.92 Å². The van der Waals surface area contributed by atoms with Crippen molar-refractivity contribution in [2.24, 2.45) is 4.99 Å². The second-order valence-corrected chi connectivity index (χ2v) is 8.21. The summed E-state index contributed by atoms with van der Waals surface area (Å²) in [7, 11) is 0. The Morgan fingerprint density at radius 1 is 1.12 bits per heavy atom. The minimum atomic E-state index is -0.617. The van der Waals surface area contributed by atoms with Gasteiger partial charge in [0, 0.05) is 26.3 Å². The lowest BCUT2D eigenvalue weighted by molar-refractivity contribution is -0.385. The molecule has 0 radical (unpaired) electrons. The average molecular weight is 540 g/mol. The second kappa shape index (κ2) is 9.31. The van der Waals surface area contributed by atoms with Crippen molar-refractivity contribution in [3.05, 3.63) is 108 Å². The summed E-state index contributed by atoms with van der Waals surface area (Å²) in [4.78, 5) is 27.3. The van der Waals surface area contributed by atoms with Crippen molar-refractivity contribution in [2.75, 3.05) is 0 Å². The number of cyclic esters (lactones) is 1. The summed E-state index contributed by atoms with van der Waals surface area (Å²) in [6.07, 6.45) is 1.59. The van der Waals surface area contributed by atoms with Crippen LogP contribution in [0, 0.1) is 20.6 Å². The summed E-state index contributed by atoms with van der Waals surface area (Å²) in [5.74, 6) is 0.0764. The molecule has 0 spiro atoms. The molecule has 0 fully saturated rings. The van der Waals surface area contributed by atoms with Gasteiger partial charge in [-0.3, -0.25) is 10.1 Å². The van der Waals surface area contributed by atoms with Gasteiger partial charge in [-0.05, 0) is 65.4 Å². The van der Waals surface area contributed by atoms with E-state index >= 15 is 0 Å². The number of hydrogen-bond donors (Lipinski definition) is 0. The maximum absolute atomic E-state index is 12.3. The Hall–Kier alpha value is -3.53. The van der Waals surface area contributed by atoms with E-state index in [1.54, 1.807) is 31.2 Å². The van der Waals surface area contributed by atoms with Crippen LogP contribution in [0.4, 0.5) is 5.69 Å². The van der Waals surface area contributed by atoms with Crippen LogP contribution in [0.1, 0.15) is 22.3 Å². The Morgan fingerprint density at radius 2 is 1.94 bits per heavy atom. The topological polar surface area (TPSA) is 91.0 Å². The van der Waals surface area contributed by atoms with Gasteiger partial charge in [-0.15, -0.1) is 0 Å². The number of rotatable bonds is 6. The van der Waals surface area contributed by atoms with Gasteiger partial charge in [-0.25, -0.2) is 9.79 Å². The zero-order valence-electron chi connectivity index (χ0n) is 16.9. The largest absolute Gasteiger partial charge is 0.489 e. The van der Waals surface area contributed by atoms with E-state index < -0.39 is 10.9 Å². The fourth-order valence-corrected chi connectivity index (χ4v) is 3.64. The lowest BCUT2D eigenvalue weighted by Crippen LogP contribution is -2.06. The summed E-state index contributed by atoms with van der Waals surface area (Å²) in [6.45, 7) is 2.07. The van der Waals surface area contributed by atoms with Crippen molar-refractivity contribution in [1.29, 1.82) is 0 Å². The van der Waals surface area contributed by atoms with E-state index in [-0.39, 0.29) is 17.3 Å². The normalized spacial score (nSPS) is 14.2. The highest BCUT2D eigenvalue weighted by Crippen LogP contribution is 2.25. The number of hydrogen-bond acceptors (Lipinski definition) is 6. The van der Waals surface area contributed by atoms with Gasteiger partial charge >= 0.3 is 5.97 Å². The number of aliphatic imine (C=N–C) groups is 1. The summed E-state index contributed by atoms with van der Waals surface area (Å²) in [6, 6.07) is 19.8. The molecule has 4 rings (SSSR count). The summed E-state index contributed by atoms with van der Waals surface area (Å²) >= 11 is 2.27. The predicted molar refractivity (Wildman–Crippen MR) is 128 cm³/mol. The SMILES string of the molecule is Cc1ccc(C2=N/C(=C\c3cccc(OCc4ccccc4I)c3)C(=O)O2)cc1[N+](=O)[O-]. The molecule has 160 valence electrons. The van der Waals surface area contributed by atoms with Crippen molar-refractivity contribution >= 4 is 46.2 Å². The molecule has 0 amide bonds. The molecule has 0 N–H and O–H groups in total. The first kappa shape index (κ1) is 21.7. The summed E-state index contributed by atoms with van der Waals surface area (Å²) in [5.41, 5.74) is 2.74. The fraction of sp³-hybridized carbons (Fsp3) is 0.0833. The molecule has 0 unspecified atom stereocenters. The molecule has 0 aliphatic carbocycles. The molecule has 0 saturated carbocycles. The van der Waals surface area contributed by atoms with Gasteiger partial charge in [-0.1, -0.05) is 36.4 Å². The van der Waals surface area contributed by atoms with E-state index in [1.165, 1.54) is 6.07 Å². The number of nitro benzene ring substituents is 1. The van der Waals surface area contributed by atoms with Crippen LogP contribution in [0.3, 0.4) is 0 Å². The number of esters is 1. The molecule has 32 heavy (non-hydrogen) atoms. The number of halogens is 1. The number of nitrogens with zero attached hydrogens (tertiary/aromatic N) is 2. The molecule has 1 heterocycles. The molecule has 0 saturated heterocycles. The molecule has 0 aromatic heterocycles. The molecular weight excluding hydrogens is 523 g/mol. The van der Waals surface area contributed by atoms with Crippen LogP contribution in [0.2, 0.25) is 0 Å². The summed E-state index contributed by atoms with van der Waals surface area (Å²) in [5, 5.41) is 11.2. The Morgan fingerprint density at radius 3 is 2.72 bits per heavy atom. The molecule has 3 aromatic rings. The number of ether oxygens (including phenoxy) is 2. The van der Waals surface area contributed by atoms with Crippen LogP contribution in [-0.4, -0.2) is 16.8 Å². The number of aryl methyl sites for hydroxylation is 1. The van der Waals surface area contributed by atoms with Crippen LogP contribution < -0.4 is 4.74 Å². The standard InChI is InChI=1S/C24H17IN2O5/c1-15-9-10-17(13-22(15)27(29)30)23-26-21(24(28)32-23)12-16-5-4-7-19(11-16)31-14-18-6-2-3-8-20(18)25/h2-13H,14H2,1H3/b21-12-. The van der Waals surface area contributed by atoms with Crippen LogP contribution in [0.5, 0.6) is 5.75 Å². The van der Waals surface area contributed by atoms with Gasteiger partial charge < -0.3 is 9.47 Å². The molecular formula is C24H17IN2O5. The number of carbonyl (C=O) groups is 1. The monoisotopic (exact) mass is 540 g/mol. The molecule has 8 heteroatoms. The fourth-order valence-electron chi connectivity index (χ4n) is 3.10. The zero-order chi connectivity index (χ0) is 22.7. The van der Waals surface area contributed by atoms with Crippen LogP contribution in [-0.2, 0) is 16.1 Å². The number of nitro groups is 1. The molecule has 7 nitrogen and oxygen atoms in total. The molecule has 0 atom stereocenters. The second-order valence-electron chi connectivity index (χ2n) is 7.05. The lowest BCUT2D eigenvalue weighted by Gasteiger charge is -2.08. The van der Waals surface area contributed by atoms with Crippen LogP contribution in [0.25, 0.3) is 6.08 Å². The van der Waals surface area contributed by atoms with E-state index in [1.807, 2.05) is 42.5 Å². The van der Waals surface area contributed by atoms with Gasteiger partial charge in [0.1, 0.15) is 12.4 Å². The number of benzene rings is 3. The van der Waals surface area contributed by atoms with Crippen molar-refractivity contribution in [3.8, 4) is 5.75 Å². The molecule has 3 aromatic carbocycles. The highest BCUT2D eigenvalue weighted by Gasteiger charge is 2.25. The van der Waals surface area contributed by atoms with Crippen LogP contribution >= 0.6 is 22.6 Å². The van der Waals surface area contributed by atoms with Crippen molar-refractivity contribution in [3.63, 3.8) is 0 Å². The van der Waals surface area contributed by atoms with E-state index in [9.17, 15) is 14.9 Å². The van der Waals surface area contributed by atoms with E-state index in [0.29, 0.717) is 23.5 Å². The first-order valence-corrected chi connectivity index (χ1v) is 10.7. The Bertz CT molecular complexity index is 1280. The maximum Gasteiger partial charge on any atom is 0.363 e. The third kappa shape index (κ3) is 4.86. The quantitative estimate of drug-likeness (QED) is 0.137. The molecule has 1 aliphatic heterocycles. The molecule has 1 aliphatic rings. The van der Waals surface area contributed by atoms with Gasteiger partial charge in [0.15, 0.2) is 5.70 Å². The first-order valence-electron chi connectivity index (χ1n) is 9.65. The van der Waals surface area contributed by atoms with Gasteiger partial charge in [0.2, 0.25) is 5.90 Å². The highest BCUT2D eigenvalue weighted by atomic mass is 127. The van der Waals surface area contributed by atoms with E-state index in [2.05, 4.69) is 27.6 Å². The Balaban J connectivity index is 1.55. The lowest BCUT2D eigenvalue weighted by atomic mass is 10.1. The average Bonchev–Trinajstić information content (AvgIpc) is 3.13. The van der Waals surface area contributed by atoms with Crippen molar-refractivity contribution < 1.29 is 19.2 Å². The Kier molecular flexibility index (Phi) is 6.31. The van der Waals surface area contributed by atoms with Crippen molar-refractivity contribution in [1.82, 2.24) is 0 Å². The molecule has 0 bridgehead atoms. The number of carbonyl (C=O) groups excluding carboxylic acids is 1. The Labute approximate surface area is 197 Å². The minimum Gasteiger partial charge on any atom is -0.489 e. The van der Waals surface area contributed by atoms with Gasteiger partial charge in [-0.2, -0.15) is 0 Å². The third-order valence-corrected chi connectivity index (χ3v) is 5.84. The van der Waals surface area contributed by atoms with Gasteiger partial charge in [0.25, 0.3) is 5.69 Å². The summed E-state index contributed by atoms with van der Waals surface area (Å²) < 4.78 is 12.3. The highest BCUT2D eigenvalue weighted by molar-refractivity contribution is 14.1. The van der Waals surface area contributed by atoms with Crippen molar-refractivity contribution in [2.45, 2.75) is 13.5 Å². The first-order chi connectivity index (χ1) is 15.4. The third-order valence-electron chi connectivity index (χ3n) is 4.79. The predicted octanol–water partition coefficient (Wildman–Crippen LogP) is 5.43. The van der Waals surface area contributed by atoms with E-state index in [0.717, 1.165) is 14.7 Å². The maximum atomic E-state index is 12.3. The smallest absolute Gasteiger partial charge is 0.363 e.